The largest absolute Gasteiger partial charge is 0.0708 e. The van der Waals surface area contributed by atoms with Crippen LogP contribution in [0, 0.1) is 17.3 Å². The summed E-state index contributed by atoms with van der Waals surface area (Å²) in [7, 11) is 0. The molecule has 0 saturated heterocycles. The SMILES string of the molecule is CC1=C(C)C(C)(C)CC(C)C1C. The van der Waals surface area contributed by atoms with Crippen LogP contribution in [0.4, 0.5) is 0 Å². The zero-order valence-corrected chi connectivity index (χ0v) is 9.36. The van der Waals surface area contributed by atoms with Gasteiger partial charge in [0.15, 0.2) is 0 Å². The molecule has 0 bridgehead atoms. The molecule has 70 valence electrons. The summed E-state index contributed by atoms with van der Waals surface area (Å²) in [4.78, 5) is 0. The molecule has 0 radical (unpaired) electrons. The van der Waals surface area contributed by atoms with Gasteiger partial charge in [-0.15, -0.1) is 0 Å². The maximum Gasteiger partial charge on any atom is -0.0142 e. The van der Waals surface area contributed by atoms with Crippen molar-refractivity contribution in [2.24, 2.45) is 17.3 Å². The van der Waals surface area contributed by atoms with Gasteiger partial charge in [-0.05, 0) is 37.5 Å². The van der Waals surface area contributed by atoms with Crippen LogP contribution < -0.4 is 0 Å². The Kier molecular flexibility index (Phi) is 2.38. The van der Waals surface area contributed by atoms with Crippen molar-refractivity contribution in [3.05, 3.63) is 11.1 Å². The van der Waals surface area contributed by atoms with Crippen LogP contribution in [0.15, 0.2) is 11.1 Å². The lowest BCUT2D eigenvalue weighted by Gasteiger charge is -2.40. The Labute approximate surface area is 77.1 Å². The van der Waals surface area contributed by atoms with E-state index in [9.17, 15) is 0 Å². The van der Waals surface area contributed by atoms with Gasteiger partial charge in [-0.1, -0.05) is 38.8 Å². The minimum Gasteiger partial charge on any atom is -0.0708 e. The van der Waals surface area contributed by atoms with E-state index in [1.54, 1.807) is 11.1 Å². The van der Waals surface area contributed by atoms with Crippen LogP contribution in [0.2, 0.25) is 0 Å². The van der Waals surface area contributed by atoms with Crippen molar-refractivity contribution < 1.29 is 0 Å². The van der Waals surface area contributed by atoms with E-state index < -0.39 is 0 Å². The van der Waals surface area contributed by atoms with Crippen molar-refractivity contribution >= 4 is 0 Å². The van der Waals surface area contributed by atoms with Gasteiger partial charge in [0.25, 0.3) is 0 Å². The van der Waals surface area contributed by atoms with E-state index in [-0.39, 0.29) is 0 Å². The third-order valence-electron chi connectivity index (χ3n) is 3.98. The summed E-state index contributed by atoms with van der Waals surface area (Å²) in [5.74, 6) is 1.64. The van der Waals surface area contributed by atoms with Crippen molar-refractivity contribution in [2.45, 2.75) is 48.0 Å². The summed E-state index contributed by atoms with van der Waals surface area (Å²) in [5.41, 5.74) is 3.68. The number of hydrogen-bond acceptors (Lipinski definition) is 0. The highest BCUT2D eigenvalue weighted by atomic mass is 14.4. The second-order valence-corrected chi connectivity index (χ2v) is 5.16. The molecule has 0 heteroatoms. The van der Waals surface area contributed by atoms with Gasteiger partial charge < -0.3 is 0 Å². The highest BCUT2D eigenvalue weighted by Crippen LogP contribution is 2.44. The summed E-state index contributed by atoms with van der Waals surface area (Å²) < 4.78 is 0. The highest BCUT2D eigenvalue weighted by molar-refractivity contribution is 5.23. The average Bonchev–Trinajstić information content (AvgIpc) is 1.97. The lowest BCUT2D eigenvalue weighted by atomic mass is 9.65. The summed E-state index contributed by atoms with van der Waals surface area (Å²) in [6.45, 7) is 14.1. The maximum atomic E-state index is 2.38. The van der Waals surface area contributed by atoms with Crippen LogP contribution in [-0.4, -0.2) is 0 Å². The second kappa shape index (κ2) is 2.90. The van der Waals surface area contributed by atoms with E-state index in [1.807, 2.05) is 0 Å². The van der Waals surface area contributed by atoms with E-state index >= 15 is 0 Å². The molecule has 0 aromatic rings. The Balaban J connectivity index is 3.04. The van der Waals surface area contributed by atoms with E-state index in [4.69, 9.17) is 0 Å². The van der Waals surface area contributed by atoms with Crippen molar-refractivity contribution in [2.75, 3.05) is 0 Å². The first-order chi connectivity index (χ1) is 5.36. The molecule has 0 aromatic heterocycles. The number of hydrogen-bond donors (Lipinski definition) is 0. The van der Waals surface area contributed by atoms with Crippen LogP contribution in [-0.2, 0) is 0 Å². The molecule has 0 N–H and O–H groups in total. The van der Waals surface area contributed by atoms with Gasteiger partial charge >= 0.3 is 0 Å². The van der Waals surface area contributed by atoms with E-state index in [0.717, 1.165) is 11.8 Å². The van der Waals surface area contributed by atoms with Gasteiger partial charge in [-0.2, -0.15) is 0 Å². The van der Waals surface area contributed by atoms with Crippen LogP contribution in [0.1, 0.15) is 48.0 Å². The standard InChI is InChI=1S/C12H22/c1-8-7-12(5,6)11(4)10(3)9(8)2/h8-9H,7H2,1-6H3. The minimum absolute atomic E-state index is 0.440. The molecule has 2 atom stereocenters. The summed E-state index contributed by atoms with van der Waals surface area (Å²) >= 11 is 0. The fourth-order valence-corrected chi connectivity index (χ4v) is 2.44. The summed E-state index contributed by atoms with van der Waals surface area (Å²) in [6, 6.07) is 0. The first kappa shape index (κ1) is 9.83. The number of allylic oxidation sites excluding steroid dienone is 2. The monoisotopic (exact) mass is 166 g/mol. The van der Waals surface area contributed by atoms with Gasteiger partial charge in [0.1, 0.15) is 0 Å². The van der Waals surface area contributed by atoms with Crippen molar-refractivity contribution in [3.63, 3.8) is 0 Å². The molecule has 1 aliphatic rings. The lowest BCUT2D eigenvalue weighted by molar-refractivity contribution is 0.250. The molecule has 0 nitrogen and oxygen atoms in total. The predicted octanol–water partition coefficient (Wildman–Crippen LogP) is 4.02. The van der Waals surface area contributed by atoms with Crippen LogP contribution in [0.5, 0.6) is 0 Å². The van der Waals surface area contributed by atoms with Crippen molar-refractivity contribution in [3.8, 4) is 0 Å². The highest BCUT2D eigenvalue weighted by Gasteiger charge is 2.32. The van der Waals surface area contributed by atoms with Crippen LogP contribution in [0.3, 0.4) is 0 Å². The normalized spacial score (nSPS) is 35.5. The molecule has 0 aromatic carbocycles. The lowest BCUT2D eigenvalue weighted by Crippen LogP contribution is -2.28. The van der Waals surface area contributed by atoms with Crippen molar-refractivity contribution in [1.82, 2.24) is 0 Å². The molecule has 0 amide bonds. The first-order valence-electron chi connectivity index (χ1n) is 5.04. The van der Waals surface area contributed by atoms with Gasteiger partial charge in [-0.3, -0.25) is 0 Å². The molecule has 2 unspecified atom stereocenters. The molecule has 0 fully saturated rings. The van der Waals surface area contributed by atoms with Gasteiger partial charge in [-0.25, -0.2) is 0 Å². The first-order valence-corrected chi connectivity index (χ1v) is 5.04. The summed E-state index contributed by atoms with van der Waals surface area (Å²) in [6.07, 6.45) is 1.34. The van der Waals surface area contributed by atoms with Gasteiger partial charge in [0.05, 0.1) is 0 Å². The van der Waals surface area contributed by atoms with Gasteiger partial charge in [0.2, 0.25) is 0 Å². The van der Waals surface area contributed by atoms with Gasteiger partial charge in [0, 0.05) is 0 Å². The Morgan fingerprint density at radius 1 is 1.17 bits per heavy atom. The van der Waals surface area contributed by atoms with Crippen LogP contribution in [0.25, 0.3) is 0 Å². The quantitative estimate of drug-likeness (QED) is 0.477. The third-order valence-corrected chi connectivity index (χ3v) is 3.98. The molecule has 12 heavy (non-hydrogen) atoms. The predicted molar refractivity (Wildman–Crippen MR) is 55.1 cm³/mol. The van der Waals surface area contributed by atoms with E-state index in [1.165, 1.54) is 6.42 Å². The Morgan fingerprint density at radius 3 is 2.17 bits per heavy atom. The smallest absolute Gasteiger partial charge is 0.0142 e. The minimum atomic E-state index is 0.440. The third kappa shape index (κ3) is 1.44. The van der Waals surface area contributed by atoms with E-state index in [2.05, 4.69) is 41.5 Å². The maximum absolute atomic E-state index is 2.38. The zero-order chi connectivity index (χ0) is 9.52. The topological polar surface area (TPSA) is 0 Å². The Bertz CT molecular complexity index is 208. The second-order valence-electron chi connectivity index (χ2n) is 5.16. The fraction of sp³-hybridized carbons (Fsp3) is 0.833. The molecule has 0 aliphatic heterocycles. The Hall–Kier alpha value is -0.260. The molecule has 0 saturated carbocycles. The number of rotatable bonds is 0. The summed E-state index contributed by atoms with van der Waals surface area (Å²) in [5, 5.41) is 0. The van der Waals surface area contributed by atoms with Crippen molar-refractivity contribution in [1.29, 1.82) is 0 Å². The van der Waals surface area contributed by atoms with Crippen LogP contribution >= 0.6 is 0 Å². The molecular weight excluding hydrogens is 144 g/mol. The molecule has 1 aliphatic carbocycles. The fourth-order valence-electron chi connectivity index (χ4n) is 2.44. The zero-order valence-electron chi connectivity index (χ0n) is 9.36. The average molecular weight is 166 g/mol. The molecule has 0 heterocycles. The Morgan fingerprint density at radius 2 is 1.67 bits per heavy atom. The molecule has 0 spiro atoms. The van der Waals surface area contributed by atoms with E-state index in [0.29, 0.717) is 5.41 Å². The molecule has 1 rings (SSSR count). The molecular formula is C12H22.